The van der Waals surface area contributed by atoms with Gasteiger partial charge in [0, 0.05) is 43.0 Å². The van der Waals surface area contributed by atoms with Crippen LogP contribution in [0.4, 0.5) is 10.2 Å². The molecule has 1 saturated carbocycles. The third kappa shape index (κ3) is 2.69. The summed E-state index contributed by atoms with van der Waals surface area (Å²) in [4.78, 5) is 19.4. The van der Waals surface area contributed by atoms with Crippen LogP contribution in [0.1, 0.15) is 18.7 Å². The van der Waals surface area contributed by atoms with Crippen LogP contribution in [0.3, 0.4) is 0 Å². The van der Waals surface area contributed by atoms with Crippen molar-refractivity contribution in [3.05, 3.63) is 36.4 Å². The molecule has 7 nitrogen and oxygen atoms in total. The maximum Gasteiger partial charge on any atom is 0.341 e. The summed E-state index contributed by atoms with van der Waals surface area (Å²) < 4.78 is 18.9. The fourth-order valence-electron chi connectivity index (χ4n) is 3.03. The van der Waals surface area contributed by atoms with E-state index in [1.165, 1.54) is 0 Å². The third-order valence-corrected chi connectivity index (χ3v) is 4.42. The Kier molecular flexibility index (Phi) is 3.41. The first kappa shape index (κ1) is 15.5. The SMILES string of the molecule is Cc1nc(-c2ccc3ccnc(NC4CC(F)(C(=O)O)C4)c3c2)no1. The lowest BCUT2D eigenvalue weighted by Gasteiger charge is -2.38. The summed E-state index contributed by atoms with van der Waals surface area (Å²) in [6, 6.07) is 7.28. The number of carboxylic acid groups (broad SMARTS) is 1. The number of aryl methyl sites for hydroxylation is 1. The van der Waals surface area contributed by atoms with Gasteiger partial charge in [-0.1, -0.05) is 17.3 Å². The summed E-state index contributed by atoms with van der Waals surface area (Å²) in [5, 5.41) is 17.7. The quantitative estimate of drug-likeness (QED) is 0.751. The molecule has 25 heavy (non-hydrogen) atoms. The number of fused-ring (bicyclic) bond motifs is 1. The summed E-state index contributed by atoms with van der Waals surface area (Å²) in [5.74, 6) is 0.122. The van der Waals surface area contributed by atoms with Gasteiger partial charge < -0.3 is 14.9 Å². The molecule has 8 heteroatoms. The number of hydrogen-bond acceptors (Lipinski definition) is 6. The van der Waals surface area contributed by atoms with Crippen LogP contribution in [0.2, 0.25) is 0 Å². The van der Waals surface area contributed by atoms with E-state index in [1.54, 1.807) is 13.1 Å². The maximum atomic E-state index is 13.9. The number of halogens is 1. The lowest BCUT2D eigenvalue weighted by atomic mass is 9.77. The first-order valence-electron chi connectivity index (χ1n) is 7.83. The number of nitrogens with zero attached hydrogens (tertiary/aromatic N) is 3. The van der Waals surface area contributed by atoms with Gasteiger partial charge in [0.2, 0.25) is 17.4 Å². The normalized spacial score (nSPS) is 22.6. The summed E-state index contributed by atoms with van der Waals surface area (Å²) in [5.41, 5.74) is -1.37. The van der Waals surface area contributed by atoms with Crippen molar-refractivity contribution in [2.75, 3.05) is 5.32 Å². The van der Waals surface area contributed by atoms with Crippen LogP contribution in [0.5, 0.6) is 0 Å². The molecule has 0 aliphatic heterocycles. The molecule has 0 bridgehead atoms. The van der Waals surface area contributed by atoms with E-state index in [4.69, 9.17) is 9.63 Å². The van der Waals surface area contributed by atoms with Crippen LogP contribution < -0.4 is 5.32 Å². The number of alkyl halides is 1. The largest absolute Gasteiger partial charge is 0.479 e. The Bertz CT molecular complexity index is 965. The van der Waals surface area contributed by atoms with Crippen molar-refractivity contribution in [3.63, 3.8) is 0 Å². The predicted molar refractivity (Wildman–Crippen MR) is 87.9 cm³/mol. The lowest BCUT2D eigenvalue weighted by Crippen LogP contribution is -2.52. The molecule has 3 aromatic rings. The van der Waals surface area contributed by atoms with Crippen LogP contribution >= 0.6 is 0 Å². The molecule has 128 valence electrons. The predicted octanol–water partition coefficient (Wildman–Crippen LogP) is 2.96. The molecule has 0 radical (unpaired) electrons. The average Bonchev–Trinajstić information content (AvgIpc) is 2.99. The zero-order valence-electron chi connectivity index (χ0n) is 13.4. The number of hydrogen-bond donors (Lipinski definition) is 2. The van der Waals surface area contributed by atoms with Crippen LogP contribution in [-0.2, 0) is 4.79 Å². The van der Waals surface area contributed by atoms with Crippen LogP contribution in [0, 0.1) is 6.92 Å². The van der Waals surface area contributed by atoms with Gasteiger partial charge in [-0.3, -0.25) is 0 Å². The van der Waals surface area contributed by atoms with E-state index in [9.17, 15) is 9.18 Å². The Balaban J connectivity index is 1.64. The molecule has 1 fully saturated rings. The molecule has 1 aliphatic rings. The Hall–Kier alpha value is -3.03. The molecular formula is C17H15FN4O3. The number of carboxylic acids is 1. The van der Waals surface area contributed by atoms with Gasteiger partial charge in [-0.25, -0.2) is 14.2 Å². The molecule has 2 aromatic heterocycles. The van der Waals surface area contributed by atoms with Gasteiger partial charge in [0.25, 0.3) is 0 Å². The second kappa shape index (κ2) is 5.51. The lowest BCUT2D eigenvalue weighted by molar-refractivity contribution is -0.157. The fraction of sp³-hybridized carbons (Fsp3) is 0.294. The molecule has 0 saturated heterocycles. The van der Waals surface area contributed by atoms with E-state index in [-0.39, 0.29) is 18.9 Å². The molecule has 0 spiro atoms. The highest BCUT2D eigenvalue weighted by molar-refractivity contribution is 5.94. The topological polar surface area (TPSA) is 101 Å². The van der Waals surface area contributed by atoms with Crippen molar-refractivity contribution < 1.29 is 18.8 Å². The number of aliphatic carboxylic acids is 1. The number of benzene rings is 1. The van der Waals surface area contributed by atoms with E-state index in [0.717, 1.165) is 16.3 Å². The van der Waals surface area contributed by atoms with Crippen molar-refractivity contribution in [1.29, 1.82) is 0 Å². The highest BCUT2D eigenvalue weighted by Crippen LogP contribution is 2.39. The molecule has 0 amide bonds. The Morgan fingerprint density at radius 1 is 1.40 bits per heavy atom. The van der Waals surface area contributed by atoms with E-state index >= 15 is 0 Å². The summed E-state index contributed by atoms with van der Waals surface area (Å²) in [6.07, 6.45) is 1.50. The number of nitrogens with one attached hydrogen (secondary N) is 1. The second-order valence-electron chi connectivity index (χ2n) is 6.25. The summed E-state index contributed by atoms with van der Waals surface area (Å²) >= 11 is 0. The molecule has 2 N–H and O–H groups in total. The van der Waals surface area contributed by atoms with E-state index in [0.29, 0.717) is 17.5 Å². The number of carbonyl (C=O) groups is 1. The molecule has 4 rings (SSSR count). The van der Waals surface area contributed by atoms with Crippen molar-refractivity contribution in [1.82, 2.24) is 15.1 Å². The minimum absolute atomic E-state index is 0.0792. The zero-order chi connectivity index (χ0) is 17.6. The molecule has 0 atom stereocenters. The standard InChI is InChI=1S/C17H15FN4O3/c1-9-20-14(22-25-9)11-3-2-10-4-5-19-15(13(10)6-11)21-12-7-17(18,8-12)16(23)24/h2-6,12H,7-8H2,1H3,(H,19,21)(H,23,24). The van der Waals surface area contributed by atoms with E-state index in [1.807, 2.05) is 24.3 Å². The number of aromatic nitrogens is 3. The van der Waals surface area contributed by atoms with Crippen molar-refractivity contribution in [3.8, 4) is 11.4 Å². The number of pyridine rings is 1. The van der Waals surface area contributed by atoms with Crippen LogP contribution in [0.15, 0.2) is 35.0 Å². The smallest absolute Gasteiger partial charge is 0.341 e. The zero-order valence-corrected chi connectivity index (χ0v) is 13.4. The highest BCUT2D eigenvalue weighted by atomic mass is 19.1. The minimum Gasteiger partial charge on any atom is -0.479 e. The minimum atomic E-state index is -2.14. The molecule has 2 heterocycles. The van der Waals surface area contributed by atoms with Gasteiger partial charge in [-0.15, -0.1) is 0 Å². The van der Waals surface area contributed by atoms with Crippen LogP contribution in [-0.4, -0.2) is 37.9 Å². The first-order valence-corrected chi connectivity index (χ1v) is 7.83. The van der Waals surface area contributed by atoms with E-state index in [2.05, 4.69) is 20.4 Å². The number of rotatable bonds is 4. The monoisotopic (exact) mass is 342 g/mol. The summed E-state index contributed by atoms with van der Waals surface area (Å²) in [7, 11) is 0. The van der Waals surface area contributed by atoms with Gasteiger partial charge in [-0.2, -0.15) is 4.98 Å². The van der Waals surface area contributed by atoms with Gasteiger partial charge in [0.1, 0.15) is 5.82 Å². The first-order chi connectivity index (χ1) is 11.9. The van der Waals surface area contributed by atoms with Gasteiger partial charge in [0.15, 0.2) is 0 Å². The fourth-order valence-corrected chi connectivity index (χ4v) is 3.03. The van der Waals surface area contributed by atoms with Gasteiger partial charge >= 0.3 is 5.97 Å². The maximum absolute atomic E-state index is 13.9. The highest BCUT2D eigenvalue weighted by Gasteiger charge is 2.51. The van der Waals surface area contributed by atoms with Crippen molar-refractivity contribution in [2.45, 2.75) is 31.5 Å². The van der Waals surface area contributed by atoms with Crippen molar-refractivity contribution >= 4 is 22.6 Å². The molecule has 1 aliphatic carbocycles. The second-order valence-corrected chi connectivity index (χ2v) is 6.25. The number of anilines is 1. The molecular weight excluding hydrogens is 327 g/mol. The average molecular weight is 342 g/mol. The van der Waals surface area contributed by atoms with Gasteiger partial charge in [0.05, 0.1) is 0 Å². The Labute approximate surface area is 141 Å². The Morgan fingerprint density at radius 2 is 2.20 bits per heavy atom. The molecule has 0 unspecified atom stereocenters. The van der Waals surface area contributed by atoms with E-state index < -0.39 is 11.6 Å². The summed E-state index contributed by atoms with van der Waals surface area (Å²) in [6.45, 7) is 1.72. The molecule has 1 aromatic carbocycles. The van der Waals surface area contributed by atoms with Gasteiger partial charge in [-0.05, 0) is 17.5 Å². The van der Waals surface area contributed by atoms with Crippen LogP contribution in [0.25, 0.3) is 22.2 Å². The van der Waals surface area contributed by atoms with Crippen molar-refractivity contribution in [2.24, 2.45) is 0 Å². The third-order valence-electron chi connectivity index (χ3n) is 4.42. The Morgan fingerprint density at radius 3 is 2.88 bits per heavy atom.